The zero-order valence-corrected chi connectivity index (χ0v) is 12.1. The van der Waals surface area contributed by atoms with Gasteiger partial charge in [0.25, 0.3) is 5.91 Å². The van der Waals surface area contributed by atoms with E-state index in [-0.39, 0.29) is 24.2 Å². The first-order valence-corrected chi connectivity index (χ1v) is 7.54. The van der Waals surface area contributed by atoms with E-state index >= 15 is 0 Å². The van der Waals surface area contributed by atoms with Crippen molar-refractivity contribution in [1.82, 2.24) is 5.32 Å². The number of para-hydroxylation sites is 1. The van der Waals surface area contributed by atoms with Crippen molar-refractivity contribution in [1.29, 1.82) is 0 Å². The summed E-state index contributed by atoms with van der Waals surface area (Å²) in [6, 6.07) is 18.0. The van der Waals surface area contributed by atoms with Crippen LogP contribution in [0.25, 0.3) is 0 Å². The fourth-order valence-corrected chi connectivity index (χ4v) is 2.89. The van der Waals surface area contributed by atoms with Crippen molar-refractivity contribution in [2.45, 2.75) is 24.7 Å². The van der Waals surface area contributed by atoms with Crippen molar-refractivity contribution in [3.8, 4) is 5.75 Å². The highest BCUT2D eigenvalue weighted by Gasteiger charge is 2.36. The van der Waals surface area contributed by atoms with Crippen LogP contribution in [0.5, 0.6) is 5.75 Å². The Morgan fingerprint density at radius 3 is 2.55 bits per heavy atom. The van der Waals surface area contributed by atoms with Crippen LogP contribution in [0.15, 0.2) is 54.6 Å². The predicted molar refractivity (Wildman–Crippen MR) is 81.5 cm³/mol. The molecule has 2 aliphatic heterocycles. The van der Waals surface area contributed by atoms with Gasteiger partial charge in [-0.25, -0.2) is 0 Å². The topological polar surface area (TPSA) is 50.9 Å². The Morgan fingerprint density at radius 2 is 1.77 bits per heavy atom. The molecule has 0 radical (unpaired) electrons. The number of nitrogens with one attached hydrogen (secondary N) is 1. The second-order valence-corrected chi connectivity index (χ2v) is 5.67. The molecule has 22 heavy (non-hydrogen) atoms. The van der Waals surface area contributed by atoms with E-state index in [1.54, 1.807) is 0 Å². The van der Waals surface area contributed by atoms with Crippen molar-refractivity contribution in [3.05, 3.63) is 65.7 Å². The van der Waals surface area contributed by atoms with E-state index in [1.807, 2.05) is 42.5 Å². The molecule has 4 rings (SSSR count). The highest BCUT2D eigenvalue weighted by molar-refractivity contribution is 5.83. The number of epoxide rings is 1. The van der Waals surface area contributed by atoms with Crippen molar-refractivity contribution in [3.63, 3.8) is 0 Å². The zero-order chi connectivity index (χ0) is 14.9. The summed E-state index contributed by atoms with van der Waals surface area (Å²) in [5.74, 6) is 0.804. The molecule has 112 valence electrons. The quantitative estimate of drug-likeness (QED) is 0.886. The molecule has 4 nitrogen and oxygen atoms in total. The summed E-state index contributed by atoms with van der Waals surface area (Å²) in [6.07, 6.45) is 0.395. The molecule has 2 aliphatic rings. The van der Waals surface area contributed by atoms with Crippen LogP contribution in [-0.2, 0) is 9.53 Å². The van der Waals surface area contributed by atoms with Crippen molar-refractivity contribution in [2.75, 3.05) is 6.61 Å². The maximum absolute atomic E-state index is 12.0. The third kappa shape index (κ3) is 2.57. The summed E-state index contributed by atoms with van der Waals surface area (Å²) in [5.41, 5.74) is 2.16. The highest BCUT2D eigenvalue weighted by Crippen LogP contribution is 2.40. The van der Waals surface area contributed by atoms with Gasteiger partial charge in [0, 0.05) is 12.0 Å². The molecule has 2 heterocycles. The standard InChI is InChI=1S/C18H17NO3/c20-18(17-11-21-17)19-14-10-16(12-6-2-1-3-7-12)22-15-9-5-4-8-13(14)15/h1-9,14,16-17H,10-11H2,(H,19,20)/t14-,16+,17?/m1/s1. The highest BCUT2D eigenvalue weighted by atomic mass is 16.6. The molecular formula is C18H17NO3. The average molecular weight is 295 g/mol. The molecule has 0 aromatic heterocycles. The van der Waals surface area contributed by atoms with Crippen LogP contribution in [0.4, 0.5) is 0 Å². The Balaban J connectivity index is 1.62. The molecule has 1 fully saturated rings. The molecule has 2 aromatic rings. The van der Waals surface area contributed by atoms with Crippen LogP contribution >= 0.6 is 0 Å². The normalized spacial score (nSPS) is 25.7. The first kappa shape index (κ1) is 13.3. The number of carbonyl (C=O) groups is 1. The van der Waals surface area contributed by atoms with Gasteiger partial charge in [-0.3, -0.25) is 4.79 Å². The average Bonchev–Trinajstić information content (AvgIpc) is 3.40. The minimum Gasteiger partial charge on any atom is -0.485 e. The molecule has 1 N–H and O–H groups in total. The van der Waals surface area contributed by atoms with Gasteiger partial charge in [0.2, 0.25) is 0 Å². The molecule has 0 saturated carbocycles. The third-order valence-corrected chi connectivity index (χ3v) is 4.13. The third-order valence-electron chi connectivity index (χ3n) is 4.13. The predicted octanol–water partition coefficient (Wildman–Crippen LogP) is 2.77. The largest absolute Gasteiger partial charge is 0.485 e. The SMILES string of the molecule is O=C(N[C@@H]1C[C@@H](c2ccccc2)Oc2ccccc21)C1CO1. The molecule has 1 saturated heterocycles. The molecule has 0 spiro atoms. The molecule has 1 amide bonds. The number of hydrogen-bond donors (Lipinski definition) is 1. The molecule has 0 aliphatic carbocycles. The van der Waals surface area contributed by atoms with Crippen molar-refractivity contribution < 1.29 is 14.3 Å². The lowest BCUT2D eigenvalue weighted by atomic mass is 9.93. The number of amides is 1. The number of carbonyl (C=O) groups excluding carboxylic acids is 1. The molecule has 2 aromatic carbocycles. The second kappa shape index (κ2) is 5.46. The summed E-state index contributed by atoms with van der Waals surface area (Å²) in [6.45, 7) is 0.527. The van der Waals surface area contributed by atoms with E-state index in [0.717, 1.165) is 23.3 Å². The van der Waals surface area contributed by atoms with Gasteiger partial charge in [0.05, 0.1) is 12.6 Å². The Kier molecular flexibility index (Phi) is 3.31. The Morgan fingerprint density at radius 1 is 1.05 bits per heavy atom. The number of fused-ring (bicyclic) bond motifs is 1. The number of hydrogen-bond acceptors (Lipinski definition) is 3. The minimum absolute atomic E-state index is 0.0338. The zero-order valence-electron chi connectivity index (χ0n) is 12.1. The lowest BCUT2D eigenvalue weighted by Crippen LogP contribution is -2.35. The van der Waals surface area contributed by atoms with Crippen LogP contribution in [0.1, 0.15) is 29.7 Å². The lowest BCUT2D eigenvalue weighted by Gasteiger charge is -2.32. The smallest absolute Gasteiger partial charge is 0.252 e. The maximum atomic E-state index is 12.0. The molecule has 3 atom stereocenters. The molecular weight excluding hydrogens is 278 g/mol. The van der Waals surface area contributed by atoms with E-state index in [2.05, 4.69) is 17.4 Å². The molecule has 1 unspecified atom stereocenters. The fourth-order valence-electron chi connectivity index (χ4n) is 2.89. The van der Waals surface area contributed by atoms with Crippen molar-refractivity contribution in [2.24, 2.45) is 0 Å². The van der Waals surface area contributed by atoms with Crippen LogP contribution in [-0.4, -0.2) is 18.6 Å². The van der Waals surface area contributed by atoms with Gasteiger partial charge in [0.15, 0.2) is 6.10 Å². The number of benzene rings is 2. The van der Waals surface area contributed by atoms with Crippen LogP contribution in [0, 0.1) is 0 Å². The van der Waals surface area contributed by atoms with E-state index in [4.69, 9.17) is 9.47 Å². The summed E-state index contributed by atoms with van der Waals surface area (Å²) >= 11 is 0. The number of rotatable bonds is 3. The summed E-state index contributed by atoms with van der Waals surface area (Å²) in [4.78, 5) is 12.0. The van der Waals surface area contributed by atoms with Gasteiger partial charge in [-0.2, -0.15) is 0 Å². The first-order chi connectivity index (χ1) is 10.8. The van der Waals surface area contributed by atoms with Gasteiger partial charge in [-0.15, -0.1) is 0 Å². The number of ether oxygens (including phenoxy) is 2. The van der Waals surface area contributed by atoms with Crippen molar-refractivity contribution >= 4 is 5.91 Å². The Bertz CT molecular complexity index is 682. The Hall–Kier alpha value is -2.33. The van der Waals surface area contributed by atoms with Gasteiger partial charge < -0.3 is 14.8 Å². The van der Waals surface area contributed by atoms with Gasteiger partial charge in [-0.05, 0) is 11.6 Å². The monoisotopic (exact) mass is 295 g/mol. The van der Waals surface area contributed by atoms with E-state index in [0.29, 0.717) is 6.61 Å². The van der Waals surface area contributed by atoms with E-state index < -0.39 is 0 Å². The van der Waals surface area contributed by atoms with Crippen LogP contribution in [0.3, 0.4) is 0 Å². The minimum atomic E-state index is -0.273. The fraction of sp³-hybridized carbons (Fsp3) is 0.278. The van der Waals surface area contributed by atoms with Crippen LogP contribution < -0.4 is 10.1 Å². The summed E-state index contributed by atoms with van der Waals surface area (Å²) in [7, 11) is 0. The van der Waals surface area contributed by atoms with Crippen LogP contribution in [0.2, 0.25) is 0 Å². The lowest BCUT2D eigenvalue weighted by molar-refractivity contribution is -0.123. The molecule has 4 heteroatoms. The van der Waals surface area contributed by atoms with Gasteiger partial charge >= 0.3 is 0 Å². The van der Waals surface area contributed by atoms with Gasteiger partial charge in [0.1, 0.15) is 11.9 Å². The van der Waals surface area contributed by atoms with Gasteiger partial charge in [-0.1, -0.05) is 48.5 Å². The van der Waals surface area contributed by atoms with E-state index in [9.17, 15) is 4.79 Å². The summed E-state index contributed by atoms with van der Waals surface area (Å²) < 4.78 is 11.2. The first-order valence-electron chi connectivity index (χ1n) is 7.54. The Labute approximate surface area is 129 Å². The van der Waals surface area contributed by atoms with E-state index in [1.165, 1.54) is 0 Å². The summed E-state index contributed by atoms with van der Waals surface area (Å²) in [5, 5.41) is 3.09. The molecule has 0 bridgehead atoms. The maximum Gasteiger partial charge on any atom is 0.252 e. The second-order valence-electron chi connectivity index (χ2n) is 5.67.